The number of aromatic nitrogens is 2. The summed E-state index contributed by atoms with van der Waals surface area (Å²) in [4.78, 5) is 14.9. The number of nitrogens with zero attached hydrogens (tertiary/aromatic N) is 4. The molecule has 9 heteroatoms. The number of halogens is 3. The minimum atomic E-state index is -0.563. The Bertz CT molecular complexity index is 1770. The van der Waals surface area contributed by atoms with Gasteiger partial charge in [0.1, 0.15) is 28.7 Å². The zero-order valence-electron chi connectivity index (χ0n) is 25.8. The zero-order chi connectivity index (χ0) is 30.8. The highest BCUT2D eigenvalue weighted by Gasteiger charge is 2.40. The van der Waals surface area contributed by atoms with Crippen LogP contribution in [0.5, 0.6) is 5.75 Å². The summed E-state index contributed by atoms with van der Waals surface area (Å²) in [5, 5.41) is 16.3. The maximum Gasteiger partial charge on any atom is 0.158 e. The van der Waals surface area contributed by atoms with Crippen LogP contribution in [0.2, 0.25) is 5.02 Å². The van der Waals surface area contributed by atoms with E-state index in [1.165, 1.54) is 37.8 Å². The van der Waals surface area contributed by atoms with E-state index in [1.54, 1.807) is 18.2 Å². The molecule has 4 saturated heterocycles. The molecule has 2 N–H and O–H groups in total. The molecule has 4 aromatic rings. The van der Waals surface area contributed by atoms with Crippen LogP contribution in [0.1, 0.15) is 69.7 Å². The molecule has 236 valence electrons. The second kappa shape index (κ2) is 11.6. The number of anilines is 1. The molecule has 4 aliphatic rings. The molecular formula is C36H40ClF2N5O. The zero-order valence-corrected chi connectivity index (χ0v) is 26.5. The number of rotatable bonds is 8. The normalized spacial score (nSPS) is 24.5. The van der Waals surface area contributed by atoms with E-state index < -0.39 is 5.82 Å². The third-order valence-corrected chi connectivity index (χ3v) is 11.1. The van der Waals surface area contributed by atoms with Crippen LogP contribution >= 0.6 is 11.6 Å². The third kappa shape index (κ3) is 5.13. The Kier molecular flexibility index (Phi) is 7.58. The summed E-state index contributed by atoms with van der Waals surface area (Å²) in [6.07, 6.45) is 10.7. The van der Waals surface area contributed by atoms with Crippen LogP contribution in [0.15, 0.2) is 30.3 Å². The Labute approximate surface area is 267 Å². The molecule has 45 heavy (non-hydrogen) atoms. The van der Waals surface area contributed by atoms with Gasteiger partial charge in [-0.2, -0.15) is 0 Å². The number of benzene rings is 3. The third-order valence-electron chi connectivity index (χ3n) is 10.8. The van der Waals surface area contributed by atoms with Crippen LogP contribution in [-0.2, 0) is 12.8 Å². The second-order valence-corrected chi connectivity index (χ2v) is 14.0. The molecule has 4 atom stereocenters. The average molecular weight is 632 g/mol. The Morgan fingerprint density at radius 3 is 2.51 bits per heavy atom. The van der Waals surface area contributed by atoms with Crippen LogP contribution in [-0.4, -0.2) is 63.8 Å². The van der Waals surface area contributed by atoms with Gasteiger partial charge in [-0.3, -0.25) is 4.90 Å². The van der Waals surface area contributed by atoms with E-state index in [1.807, 2.05) is 6.92 Å². The lowest BCUT2D eigenvalue weighted by Crippen LogP contribution is -2.58. The first-order chi connectivity index (χ1) is 21.9. The van der Waals surface area contributed by atoms with Gasteiger partial charge in [0, 0.05) is 54.6 Å². The number of hydrogen-bond donors (Lipinski definition) is 2. The lowest BCUT2D eigenvalue weighted by Gasteiger charge is -2.53. The number of aryl methyl sites for hydroxylation is 2. The predicted octanol–water partition coefficient (Wildman–Crippen LogP) is 7.54. The first kappa shape index (κ1) is 29.3. The van der Waals surface area contributed by atoms with E-state index in [2.05, 4.69) is 15.1 Å². The van der Waals surface area contributed by atoms with Gasteiger partial charge in [0.15, 0.2) is 5.82 Å². The van der Waals surface area contributed by atoms with E-state index in [-0.39, 0.29) is 27.7 Å². The highest BCUT2D eigenvalue weighted by atomic mass is 35.5. The van der Waals surface area contributed by atoms with E-state index in [0.29, 0.717) is 58.0 Å². The molecule has 0 spiro atoms. The van der Waals surface area contributed by atoms with E-state index in [0.717, 1.165) is 63.2 Å². The maximum atomic E-state index is 17.0. The summed E-state index contributed by atoms with van der Waals surface area (Å²) in [5.74, 6) is 0.413. The lowest BCUT2D eigenvalue weighted by atomic mass is 9.79. The van der Waals surface area contributed by atoms with Gasteiger partial charge in [0.05, 0.1) is 5.02 Å². The summed E-state index contributed by atoms with van der Waals surface area (Å²) >= 11 is 6.94. The first-order valence-electron chi connectivity index (χ1n) is 16.8. The van der Waals surface area contributed by atoms with E-state index in [9.17, 15) is 5.11 Å². The van der Waals surface area contributed by atoms with Crippen molar-refractivity contribution >= 4 is 39.1 Å². The molecular weight excluding hydrogens is 592 g/mol. The van der Waals surface area contributed by atoms with Gasteiger partial charge in [-0.05, 0) is 104 Å². The van der Waals surface area contributed by atoms with Crippen LogP contribution in [0.4, 0.5) is 14.6 Å². The molecule has 5 heterocycles. The van der Waals surface area contributed by atoms with E-state index >= 15 is 8.78 Å². The summed E-state index contributed by atoms with van der Waals surface area (Å²) in [5.41, 5.74) is 1.19. The molecule has 4 fully saturated rings. The van der Waals surface area contributed by atoms with Crippen molar-refractivity contribution in [1.82, 2.24) is 20.2 Å². The van der Waals surface area contributed by atoms with Gasteiger partial charge >= 0.3 is 0 Å². The molecule has 0 aliphatic carbocycles. The molecule has 4 bridgehead atoms. The van der Waals surface area contributed by atoms with Crippen molar-refractivity contribution in [3.63, 3.8) is 0 Å². The summed E-state index contributed by atoms with van der Waals surface area (Å²) in [6.45, 7) is 4.58. The van der Waals surface area contributed by atoms with Gasteiger partial charge in [0.25, 0.3) is 0 Å². The number of unbranched alkanes of at least 4 members (excludes halogenated alkanes) is 1. The molecule has 0 radical (unpaired) electrons. The van der Waals surface area contributed by atoms with E-state index in [4.69, 9.17) is 21.6 Å². The van der Waals surface area contributed by atoms with Crippen LogP contribution in [0.25, 0.3) is 32.8 Å². The van der Waals surface area contributed by atoms with Crippen LogP contribution < -0.4 is 10.2 Å². The highest BCUT2D eigenvalue weighted by molar-refractivity contribution is 6.35. The largest absolute Gasteiger partial charge is 0.508 e. The number of phenols is 1. The van der Waals surface area contributed by atoms with Crippen LogP contribution in [0, 0.1) is 11.6 Å². The standard InChI is InChI=1S/C36H40ClF2N5O/c1-2-26-30(38)12-9-20-14-25(45)16-27(32(20)26)33-29(37)17-28-35(34(33)39)41-31(8-3-4-13-44-23-6-5-7-24(44)15-23)42-36(28)43-18-21-10-11-22(19-43)40-21/h9,12,14,16-17,21-24,40,45H,2-8,10-11,13,15,18-19H2,1H3. The fourth-order valence-corrected chi connectivity index (χ4v) is 8.98. The van der Waals surface area contributed by atoms with Crippen molar-refractivity contribution in [1.29, 1.82) is 0 Å². The Morgan fingerprint density at radius 1 is 1.00 bits per heavy atom. The Hall–Kier alpha value is -3.07. The number of aromatic hydroxyl groups is 1. The second-order valence-electron chi connectivity index (χ2n) is 13.6. The molecule has 0 amide bonds. The van der Waals surface area contributed by atoms with Gasteiger partial charge in [-0.25, -0.2) is 18.7 Å². The molecule has 8 rings (SSSR count). The molecule has 4 unspecified atom stereocenters. The number of phenolic OH excluding ortho intramolecular Hbond substituents is 1. The fourth-order valence-electron chi connectivity index (χ4n) is 8.68. The summed E-state index contributed by atoms with van der Waals surface area (Å²) in [7, 11) is 0. The predicted molar refractivity (Wildman–Crippen MR) is 176 cm³/mol. The maximum absolute atomic E-state index is 17.0. The smallest absolute Gasteiger partial charge is 0.158 e. The Balaban J connectivity index is 1.21. The SMILES string of the molecule is CCc1c(F)ccc2cc(O)cc(-c3c(Cl)cc4c(N5CC6CCC(C5)N6)nc(CCCCN5C6CCCC5C6)nc4c3F)c12. The number of hydrogen-bond acceptors (Lipinski definition) is 6. The van der Waals surface area contributed by atoms with Crippen molar-refractivity contribution in [3.8, 4) is 16.9 Å². The van der Waals surface area contributed by atoms with Crippen molar-refractivity contribution in [3.05, 3.63) is 58.4 Å². The average Bonchev–Trinajstić information content (AvgIpc) is 3.38. The molecule has 4 aliphatic heterocycles. The highest BCUT2D eigenvalue weighted by Crippen LogP contribution is 2.44. The van der Waals surface area contributed by atoms with Gasteiger partial charge < -0.3 is 15.3 Å². The number of fused-ring (bicyclic) bond motifs is 6. The fraction of sp³-hybridized carbons (Fsp3) is 0.500. The Morgan fingerprint density at radius 2 is 1.78 bits per heavy atom. The van der Waals surface area contributed by atoms with Gasteiger partial charge in [-0.15, -0.1) is 0 Å². The van der Waals surface area contributed by atoms with Gasteiger partial charge in [0.2, 0.25) is 0 Å². The van der Waals surface area contributed by atoms with Crippen molar-refractivity contribution in [2.24, 2.45) is 0 Å². The molecule has 6 nitrogen and oxygen atoms in total. The number of piperidine rings is 1. The van der Waals surface area contributed by atoms with Crippen molar-refractivity contribution < 1.29 is 13.9 Å². The number of nitrogens with one attached hydrogen (secondary N) is 1. The first-order valence-corrected chi connectivity index (χ1v) is 17.2. The summed E-state index contributed by atoms with van der Waals surface area (Å²) in [6, 6.07) is 10.1. The quantitative estimate of drug-likeness (QED) is 0.196. The topological polar surface area (TPSA) is 64.5 Å². The number of piperazine rings is 1. The lowest BCUT2D eigenvalue weighted by molar-refractivity contribution is -0.0277. The molecule has 3 aromatic carbocycles. The van der Waals surface area contributed by atoms with Crippen molar-refractivity contribution in [2.45, 2.75) is 95.3 Å². The van der Waals surface area contributed by atoms with Crippen molar-refractivity contribution in [2.75, 3.05) is 24.5 Å². The summed E-state index contributed by atoms with van der Waals surface area (Å²) < 4.78 is 32.0. The monoisotopic (exact) mass is 631 g/mol. The minimum Gasteiger partial charge on any atom is -0.508 e. The molecule has 1 aromatic heterocycles. The minimum absolute atomic E-state index is 0.0339. The molecule has 0 saturated carbocycles. The van der Waals surface area contributed by atoms with Crippen LogP contribution in [0.3, 0.4) is 0 Å². The van der Waals surface area contributed by atoms with Gasteiger partial charge in [-0.1, -0.05) is 31.0 Å².